The summed E-state index contributed by atoms with van der Waals surface area (Å²) in [7, 11) is 0. The maximum atomic E-state index is 13.2. The summed E-state index contributed by atoms with van der Waals surface area (Å²) in [5.41, 5.74) is -4.03. The Morgan fingerprint density at radius 1 is 0.946 bits per heavy atom. The number of alkyl halides is 6. The Kier molecular flexibility index (Phi) is 10.3. The summed E-state index contributed by atoms with van der Waals surface area (Å²) in [5, 5.41) is 9.72. The molecule has 9 nitrogen and oxygen atoms in total. The minimum absolute atomic E-state index is 0.00153. The van der Waals surface area contributed by atoms with Crippen LogP contribution >= 0.6 is 11.6 Å². The fourth-order valence-electron chi connectivity index (χ4n) is 2.74. The predicted molar refractivity (Wildman–Crippen MR) is 116 cm³/mol. The Morgan fingerprint density at radius 2 is 1.57 bits per heavy atom. The van der Waals surface area contributed by atoms with Gasteiger partial charge in [-0.25, -0.2) is 4.79 Å². The average molecular weight is 561 g/mol. The lowest BCUT2D eigenvalue weighted by Gasteiger charge is -2.16. The van der Waals surface area contributed by atoms with E-state index in [9.17, 15) is 40.7 Å². The number of amides is 1. The van der Waals surface area contributed by atoms with E-state index in [0.29, 0.717) is 29.0 Å². The number of hydrogen-bond acceptors (Lipinski definition) is 6. The van der Waals surface area contributed by atoms with Crippen molar-refractivity contribution in [3.8, 4) is 5.75 Å². The number of nitrogens with one attached hydrogen (secondary N) is 1. The molecule has 2 rings (SSSR count). The monoisotopic (exact) mass is 560 g/mol. The number of nitrogens with zero attached hydrogens (tertiary/aromatic N) is 1. The van der Waals surface area contributed by atoms with E-state index >= 15 is 0 Å². The third kappa shape index (κ3) is 9.59. The summed E-state index contributed by atoms with van der Waals surface area (Å²) in [4.78, 5) is 34.8. The highest BCUT2D eigenvalue weighted by Gasteiger charge is 2.33. The Labute approximate surface area is 209 Å². The number of carboxylic acids is 1. The second kappa shape index (κ2) is 12.8. The number of benzene rings is 1. The molecule has 16 heteroatoms. The molecular weight excluding hydrogens is 542 g/mol. The van der Waals surface area contributed by atoms with Crippen LogP contribution in [0.1, 0.15) is 11.1 Å². The number of halogens is 7. The van der Waals surface area contributed by atoms with E-state index in [2.05, 4.69) is 5.32 Å². The summed E-state index contributed by atoms with van der Waals surface area (Å²) >= 11 is 5.53. The van der Waals surface area contributed by atoms with Gasteiger partial charge in [0.15, 0.2) is 0 Å². The molecule has 0 aliphatic carbocycles. The van der Waals surface area contributed by atoms with Gasteiger partial charge in [0.05, 0.1) is 36.6 Å². The van der Waals surface area contributed by atoms with Crippen molar-refractivity contribution in [3.63, 3.8) is 0 Å². The van der Waals surface area contributed by atoms with Crippen molar-refractivity contribution in [3.05, 3.63) is 57.0 Å². The molecular formula is C21H19ClF6N2O7. The van der Waals surface area contributed by atoms with Crippen molar-refractivity contribution in [1.82, 2.24) is 4.57 Å². The number of carbonyl (C=O) groups excluding carboxylic acids is 1. The highest BCUT2D eigenvalue weighted by atomic mass is 35.5. The van der Waals surface area contributed by atoms with E-state index in [1.54, 1.807) is 0 Å². The molecule has 204 valence electrons. The largest absolute Gasteiger partial charge is 0.489 e. The summed E-state index contributed by atoms with van der Waals surface area (Å²) in [5.74, 6) is -2.52. The smallest absolute Gasteiger partial charge is 0.417 e. The fourth-order valence-corrected chi connectivity index (χ4v) is 2.96. The lowest BCUT2D eigenvalue weighted by molar-refractivity contribution is -0.143. The maximum absolute atomic E-state index is 13.2. The molecule has 1 heterocycles. The van der Waals surface area contributed by atoms with E-state index in [1.165, 1.54) is 0 Å². The Bertz CT molecular complexity index is 1170. The number of rotatable bonds is 12. The van der Waals surface area contributed by atoms with Crippen LogP contribution in [0.4, 0.5) is 32.0 Å². The van der Waals surface area contributed by atoms with E-state index in [1.807, 2.05) is 0 Å². The van der Waals surface area contributed by atoms with Crippen molar-refractivity contribution in [2.24, 2.45) is 0 Å². The number of anilines is 1. The van der Waals surface area contributed by atoms with Crippen molar-refractivity contribution in [2.75, 3.05) is 38.4 Å². The first-order valence-corrected chi connectivity index (χ1v) is 10.5. The number of pyridine rings is 1. The van der Waals surface area contributed by atoms with Gasteiger partial charge in [0.1, 0.15) is 30.5 Å². The number of ether oxygens (including phenoxy) is 3. The molecule has 0 spiro atoms. The molecule has 2 N–H and O–H groups in total. The molecule has 0 aliphatic rings. The van der Waals surface area contributed by atoms with Gasteiger partial charge in [-0.15, -0.1) is 0 Å². The highest BCUT2D eigenvalue weighted by molar-refractivity contribution is 6.30. The van der Waals surface area contributed by atoms with Crippen LogP contribution in [-0.4, -0.2) is 54.6 Å². The van der Waals surface area contributed by atoms with Crippen LogP contribution in [-0.2, 0) is 38.0 Å². The summed E-state index contributed by atoms with van der Waals surface area (Å²) < 4.78 is 94.0. The molecule has 1 amide bonds. The van der Waals surface area contributed by atoms with Gasteiger partial charge >= 0.3 is 18.3 Å². The van der Waals surface area contributed by atoms with Crippen molar-refractivity contribution in [1.29, 1.82) is 0 Å². The maximum Gasteiger partial charge on any atom is 0.417 e. The van der Waals surface area contributed by atoms with Gasteiger partial charge in [-0.3, -0.25) is 9.59 Å². The molecule has 0 radical (unpaired) electrons. The molecule has 0 unspecified atom stereocenters. The van der Waals surface area contributed by atoms with Crippen LogP contribution in [0, 0.1) is 0 Å². The molecule has 0 fully saturated rings. The third-order valence-electron chi connectivity index (χ3n) is 4.35. The first-order chi connectivity index (χ1) is 17.2. The van der Waals surface area contributed by atoms with Gasteiger partial charge in [-0.2, -0.15) is 26.3 Å². The minimum atomic E-state index is -4.87. The summed E-state index contributed by atoms with van der Waals surface area (Å²) in [6.45, 7) is -1.82. The highest BCUT2D eigenvalue weighted by Crippen LogP contribution is 2.35. The molecule has 0 bridgehead atoms. The topological polar surface area (TPSA) is 116 Å². The van der Waals surface area contributed by atoms with Crippen LogP contribution in [0.5, 0.6) is 5.75 Å². The Balaban J connectivity index is 2.11. The molecule has 0 saturated carbocycles. The number of aliphatic carboxylic acids is 1. The zero-order chi connectivity index (χ0) is 27.8. The lowest BCUT2D eigenvalue weighted by atomic mass is 10.1. The molecule has 0 aliphatic heterocycles. The van der Waals surface area contributed by atoms with Crippen molar-refractivity contribution < 1.29 is 55.2 Å². The quantitative estimate of drug-likeness (QED) is 0.301. The number of carbonyl (C=O) groups is 2. The number of hydrogen-bond donors (Lipinski definition) is 2. The average Bonchev–Trinajstić information content (AvgIpc) is 2.77. The third-order valence-corrected chi connectivity index (χ3v) is 4.62. The normalized spacial score (nSPS) is 11.9. The van der Waals surface area contributed by atoms with Crippen LogP contribution in [0.15, 0.2) is 35.3 Å². The number of carboxylic acid groups (broad SMARTS) is 1. The second-order valence-electron chi connectivity index (χ2n) is 7.17. The summed E-state index contributed by atoms with van der Waals surface area (Å²) in [6.07, 6.45) is -9.31. The molecule has 0 atom stereocenters. The van der Waals surface area contributed by atoms with Crippen molar-refractivity contribution in [2.45, 2.75) is 18.9 Å². The van der Waals surface area contributed by atoms with Gasteiger partial charge < -0.3 is 29.2 Å². The molecule has 0 saturated heterocycles. The van der Waals surface area contributed by atoms with Gasteiger partial charge in [-0.05, 0) is 24.3 Å². The zero-order valence-corrected chi connectivity index (χ0v) is 19.4. The van der Waals surface area contributed by atoms with E-state index in [-0.39, 0.29) is 32.2 Å². The van der Waals surface area contributed by atoms with Gasteiger partial charge in [0.2, 0.25) is 5.91 Å². The molecule has 37 heavy (non-hydrogen) atoms. The Morgan fingerprint density at radius 3 is 2.19 bits per heavy atom. The lowest BCUT2D eigenvalue weighted by Crippen LogP contribution is -2.29. The first-order valence-electron chi connectivity index (χ1n) is 10.2. The second-order valence-corrected chi connectivity index (χ2v) is 7.58. The molecule has 2 aromatic rings. The Hall–Kier alpha value is -3.30. The van der Waals surface area contributed by atoms with Gasteiger partial charge in [0, 0.05) is 6.20 Å². The number of aromatic nitrogens is 1. The van der Waals surface area contributed by atoms with E-state index in [0.717, 1.165) is 6.07 Å². The molecule has 1 aromatic carbocycles. The van der Waals surface area contributed by atoms with E-state index < -0.39 is 64.8 Å². The predicted octanol–water partition coefficient (Wildman–Crippen LogP) is 3.67. The first kappa shape index (κ1) is 29.9. The summed E-state index contributed by atoms with van der Waals surface area (Å²) in [6, 6.07) is 2.54. The van der Waals surface area contributed by atoms with E-state index in [4.69, 9.17) is 30.9 Å². The molecule has 1 aromatic heterocycles. The van der Waals surface area contributed by atoms with Crippen LogP contribution in [0.25, 0.3) is 0 Å². The SMILES string of the molecule is O=C(O)COCCOCCOc1ccc(C(F)(F)F)cc1NC(=O)Cn1cc(C(F)(F)F)cc(Cl)c1=O. The van der Waals surface area contributed by atoms with Crippen LogP contribution < -0.4 is 15.6 Å². The van der Waals surface area contributed by atoms with Crippen LogP contribution in [0.3, 0.4) is 0 Å². The van der Waals surface area contributed by atoms with Gasteiger partial charge in [0.25, 0.3) is 5.56 Å². The van der Waals surface area contributed by atoms with Gasteiger partial charge in [-0.1, -0.05) is 11.6 Å². The standard InChI is InChI=1S/C21H19ClF6N2O7/c22-14-7-13(21(26,27)28)9-30(19(14)34)10-17(31)29-15-8-12(20(23,24)25)1-2-16(15)37-6-5-35-3-4-36-11-18(32)33/h1-2,7-9H,3-6,10-11H2,(H,29,31)(H,32,33). The van der Waals surface area contributed by atoms with Crippen molar-refractivity contribution >= 4 is 29.2 Å². The van der Waals surface area contributed by atoms with Crippen LogP contribution in [0.2, 0.25) is 5.02 Å². The fraction of sp³-hybridized carbons (Fsp3) is 0.381. The zero-order valence-electron chi connectivity index (χ0n) is 18.6. The minimum Gasteiger partial charge on any atom is -0.489 e.